The first-order valence-electron chi connectivity index (χ1n) is 9.81. The van der Waals surface area contributed by atoms with Crippen LogP contribution in [0.25, 0.3) is 0 Å². The van der Waals surface area contributed by atoms with Gasteiger partial charge in [0, 0.05) is 37.1 Å². The number of benzene rings is 1. The Balaban J connectivity index is 1.42. The zero-order valence-electron chi connectivity index (χ0n) is 16.1. The summed E-state index contributed by atoms with van der Waals surface area (Å²) in [6.07, 6.45) is -3.01. The van der Waals surface area contributed by atoms with Gasteiger partial charge in [0.1, 0.15) is 0 Å². The number of rotatable bonds is 4. The molecule has 1 aromatic carbocycles. The molecule has 0 saturated carbocycles. The summed E-state index contributed by atoms with van der Waals surface area (Å²) in [5.41, 5.74) is 0.892. The molecule has 0 N–H and O–H groups in total. The van der Waals surface area contributed by atoms with Crippen molar-refractivity contribution >= 4 is 23.4 Å². The molecular formula is C20H25ClF3N3O2. The Morgan fingerprint density at radius 1 is 0.931 bits per heavy atom. The molecule has 2 saturated heterocycles. The second-order valence-electron chi connectivity index (χ2n) is 7.67. The SMILES string of the molecule is O=C(Cc1ccc(Cl)cc1)N1CCN(C(=O)C2CCN(CC(F)(F)F)CC2)CC1. The fourth-order valence-electron chi connectivity index (χ4n) is 3.91. The highest BCUT2D eigenvalue weighted by molar-refractivity contribution is 6.30. The van der Waals surface area contributed by atoms with E-state index in [0.29, 0.717) is 50.5 Å². The zero-order valence-corrected chi connectivity index (χ0v) is 16.9. The van der Waals surface area contributed by atoms with Crippen molar-refractivity contribution in [2.45, 2.75) is 25.4 Å². The monoisotopic (exact) mass is 431 g/mol. The first kappa shape index (κ1) is 21.9. The van der Waals surface area contributed by atoms with Crippen molar-refractivity contribution in [1.29, 1.82) is 0 Å². The van der Waals surface area contributed by atoms with Crippen LogP contribution in [0.15, 0.2) is 24.3 Å². The number of amides is 2. The molecule has 2 fully saturated rings. The maximum atomic E-state index is 12.7. The van der Waals surface area contributed by atoms with Crippen LogP contribution in [0, 0.1) is 5.92 Å². The summed E-state index contributed by atoms with van der Waals surface area (Å²) < 4.78 is 37.5. The summed E-state index contributed by atoms with van der Waals surface area (Å²) in [6, 6.07) is 7.15. The van der Waals surface area contributed by atoms with Gasteiger partial charge >= 0.3 is 6.18 Å². The van der Waals surface area contributed by atoms with Gasteiger partial charge in [-0.05, 0) is 43.6 Å². The minimum Gasteiger partial charge on any atom is -0.339 e. The molecular weight excluding hydrogens is 407 g/mol. The Kier molecular flexibility index (Phi) is 7.05. The van der Waals surface area contributed by atoms with E-state index < -0.39 is 12.7 Å². The molecule has 2 aliphatic heterocycles. The topological polar surface area (TPSA) is 43.9 Å². The predicted molar refractivity (Wildman–Crippen MR) is 104 cm³/mol. The lowest BCUT2D eigenvalue weighted by Gasteiger charge is -2.38. The largest absolute Gasteiger partial charge is 0.401 e. The summed E-state index contributed by atoms with van der Waals surface area (Å²) in [5, 5.41) is 0.623. The van der Waals surface area contributed by atoms with Gasteiger partial charge in [0.2, 0.25) is 11.8 Å². The molecule has 0 radical (unpaired) electrons. The van der Waals surface area contributed by atoms with Crippen LogP contribution in [0.3, 0.4) is 0 Å². The number of likely N-dealkylation sites (tertiary alicyclic amines) is 1. The number of hydrogen-bond acceptors (Lipinski definition) is 3. The third kappa shape index (κ3) is 6.34. The molecule has 3 rings (SSSR count). The third-order valence-electron chi connectivity index (χ3n) is 5.55. The first-order chi connectivity index (χ1) is 13.7. The van der Waals surface area contributed by atoms with Crippen molar-refractivity contribution < 1.29 is 22.8 Å². The zero-order chi connectivity index (χ0) is 21.0. The molecule has 0 atom stereocenters. The molecule has 0 unspecified atom stereocenters. The van der Waals surface area contributed by atoms with Gasteiger partial charge < -0.3 is 9.80 Å². The van der Waals surface area contributed by atoms with Crippen molar-refractivity contribution in [1.82, 2.24) is 14.7 Å². The van der Waals surface area contributed by atoms with E-state index in [9.17, 15) is 22.8 Å². The number of carbonyl (C=O) groups is 2. The van der Waals surface area contributed by atoms with Gasteiger partial charge in [-0.3, -0.25) is 14.5 Å². The molecule has 9 heteroatoms. The van der Waals surface area contributed by atoms with Crippen LogP contribution >= 0.6 is 11.6 Å². The van der Waals surface area contributed by atoms with Crippen LogP contribution < -0.4 is 0 Å². The summed E-state index contributed by atoms with van der Waals surface area (Å²) in [6.45, 7) is 1.55. The Morgan fingerprint density at radius 2 is 1.48 bits per heavy atom. The summed E-state index contributed by atoms with van der Waals surface area (Å²) in [7, 11) is 0. The van der Waals surface area contributed by atoms with Gasteiger partial charge in [-0.2, -0.15) is 13.2 Å². The molecule has 29 heavy (non-hydrogen) atoms. The number of nitrogens with zero attached hydrogens (tertiary/aromatic N) is 3. The number of halogens is 4. The fraction of sp³-hybridized carbons (Fsp3) is 0.600. The Labute approximate surface area is 173 Å². The quantitative estimate of drug-likeness (QED) is 0.736. The molecule has 0 aliphatic carbocycles. The smallest absolute Gasteiger partial charge is 0.339 e. The van der Waals surface area contributed by atoms with E-state index in [0.717, 1.165) is 5.56 Å². The molecule has 2 amide bonds. The first-order valence-corrected chi connectivity index (χ1v) is 10.2. The second kappa shape index (κ2) is 9.34. The normalized spacial score (nSPS) is 19.4. The van der Waals surface area contributed by atoms with Crippen molar-refractivity contribution in [3.63, 3.8) is 0 Å². The Hall–Kier alpha value is -1.80. The standard InChI is InChI=1S/C20H25ClF3N3O2/c21-17-3-1-15(2-4-17)13-18(28)26-9-11-27(12-10-26)19(29)16-5-7-25(8-6-16)14-20(22,23)24/h1-4,16H,5-14H2. The van der Waals surface area contributed by atoms with E-state index in [4.69, 9.17) is 11.6 Å². The third-order valence-corrected chi connectivity index (χ3v) is 5.80. The molecule has 5 nitrogen and oxygen atoms in total. The summed E-state index contributed by atoms with van der Waals surface area (Å²) >= 11 is 5.86. The minimum absolute atomic E-state index is 0.00135. The van der Waals surface area contributed by atoms with Crippen LogP contribution in [0.5, 0.6) is 0 Å². The van der Waals surface area contributed by atoms with Gasteiger partial charge in [0.05, 0.1) is 13.0 Å². The second-order valence-corrected chi connectivity index (χ2v) is 8.11. The number of carbonyl (C=O) groups excluding carboxylic acids is 2. The Bertz CT molecular complexity index is 711. The van der Waals surface area contributed by atoms with Crippen molar-refractivity contribution in [3.8, 4) is 0 Å². The van der Waals surface area contributed by atoms with Crippen LogP contribution in [-0.4, -0.2) is 78.5 Å². The average molecular weight is 432 g/mol. The Morgan fingerprint density at radius 3 is 2.03 bits per heavy atom. The maximum absolute atomic E-state index is 12.7. The number of hydrogen-bond donors (Lipinski definition) is 0. The molecule has 0 bridgehead atoms. The van der Waals surface area contributed by atoms with Gasteiger partial charge in [0.25, 0.3) is 0 Å². The van der Waals surface area contributed by atoms with Gasteiger partial charge in [-0.1, -0.05) is 23.7 Å². The molecule has 160 valence electrons. The maximum Gasteiger partial charge on any atom is 0.401 e. The van der Waals surface area contributed by atoms with Gasteiger partial charge in [0.15, 0.2) is 0 Å². The summed E-state index contributed by atoms with van der Waals surface area (Å²) in [5.74, 6) is -0.211. The number of piperidine rings is 1. The van der Waals surface area contributed by atoms with E-state index in [1.807, 2.05) is 12.1 Å². The van der Waals surface area contributed by atoms with Gasteiger partial charge in [-0.15, -0.1) is 0 Å². The summed E-state index contributed by atoms with van der Waals surface area (Å²) in [4.78, 5) is 30.0. The lowest BCUT2D eigenvalue weighted by atomic mass is 9.95. The number of piperazine rings is 1. The molecule has 1 aromatic rings. The van der Waals surface area contributed by atoms with E-state index in [1.54, 1.807) is 21.9 Å². The van der Waals surface area contributed by atoms with Crippen LogP contribution in [0.1, 0.15) is 18.4 Å². The van der Waals surface area contributed by atoms with Crippen molar-refractivity contribution in [2.75, 3.05) is 45.8 Å². The predicted octanol–water partition coefficient (Wildman–Crippen LogP) is 2.83. The van der Waals surface area contributed by atoms with Crippen LogP contribution in [0.4, 0.5) is 13.2 Å². The van der Waals surface area contributed by atoms with Crippen molar-refractivity contribution in [3.05, 3.63) is 34.9 Å². The average Bonchev–Trinajstić information content (AvgIpc) is 2.69. The fourth-order valence-corrected chi connectivity index (χ4v) is 4.04. The van der Waals surface area contributed by atoms with Gasteiger partial charge in [-0.25, -0.2) is 0 Å². The van der Waals surface area contributed by atoms with Crippen molar-refractivity contribution in [2.24, 2.45) is 5.92 Å². The van der Waals surface area contributed by atoms with E-state index in [1.165, 1.54) is 4.90 Å². The molecule has 0 aromatic heterocycles. The van der Waals surface area contributed by atoms with E-state index in [2.05, 4.69) is 0 Å². The molecule has 0 spiro atoms. The lowest BCUT2D eigenvalue weighted by molar-refractivity contribution is -0.152. The number of alkyl halides is 3. The highest BCUT2D eigenvalue weighted by Crippen LogP contribution is 2.24. The lowest BCUT2D eigenvalue weighted by Crippen LogP contribution is -2.53. The van der Waals surface area contributed by atoms with E-state index in [-0.39, 0.29) is 30.8 Å². The highest BCUT2D eigenvalue weighted by atomic mass is 35.5. The highest BCUT2D eigenvalue weighted by Gasteiger charge is 2.35. The van der Waals surface area contributed by atoms with E-state index >= 15 is 0 Å². The van der Waals surface area contributed by atoms with Crippen LogP contribution in [0.2, 0.25) is 5.02 Å². The minimum atomic E-state index is -4.20. The van der Waals surface area contributed by atoms with Crippen LogP contribution in [-0.2, 0) is 16.0 Å². The molecule has 2 aliphatic rings. The molecule has 2 heterocycles.